The lowest BCUT2D eigenvalue weighted by molar-refractivity contribution is 0.164. The highest BCUT2D eigenvalue weighted by Gasteiger charge is 2.39. The second kappa shape index (κ2) is 5.20. The number of aliphatic hydroxyl groups is 1. The average Bonchev–Trinajstić information content (AvgIpc) is 2.98. The van der Waals surface area contributed by atoms with E-state index in [4.69, 9.17) is 11.6 Å². The van der Waals surface area contributed by atoms with Crippen LogP contribution in [0.1, 0.15) is 37.4 Å². The molecule has 2 bridgehead atoms. The minimum absolute atomic E-state index is 0.502. The van der Waals surface area contributed by atoms with Gasteiger partial charge >= 0.3 is 0 Å². The van der Waals surface area contributed by atoms with Crippen LogP contribution in [0.15, 0.2) is 24.3 Å². The summed E-state index contributed by atoms with van der Waals surface area (Å²) < 4.78 is 0. The van der Waals surface area contributed by atoms with Crippen molar-refractivity contribution >= 4 is 11.6 Å². The molecule has 0 spiro atoms. The van der Waals surface area contributed by atoms with Crippen LogP contribution in [0.2, 0.25) is 5.02 Å². The van der Waals surface area contributed by atoms with Crippen molar-refractivity contribution in [1.82, 2.24) is 5.32 Å². The van der Waals surface area contributed by atoms with Gasteiger partial charge in [0.1, 0.15) is 0 Å². The highest BCUT2D eigenvalue weighted by Crippen LogP contribution is 2.44. The summed E-state index contributed by atoms with van der Waals surface area (Å²) in [6, 6.07) is 8.15. The summed E-state index contributed by atoms with van der Waals surface area (Å²) in [6.07, 6.45) is 4.96. The molecule has 0 aliphatic heterocycles. The van der Waals surface area contributed by atoms with Gasteiger partial charge in [-0.15, -0.1) is 0 Å². The highest BCUT2D eigenvalue weighted by atomic mass is 35.5. The lowest BCUT2D eigenvalue weighted by Crippen LogP contribution is -2.36. The minimum atomic E-state index is -0.502. The molecule has 2 aliphatic rings. The van der Waals surface area contributed by atoms with Crippen molar-refractivity contribution in [1.29, 1.82) is 0 Å². The molecular weight excluding hydrogens is 246 g/mol. The molecule has 0 heterocycles. The van der Waals surface area contributed by atoms with E-state index < -0.39 is 6.10 Å². The standard InChI is InChI=1S/C15H20ClNO/c16-13-4-2-1-3-12(13)15(18)9-17-14-8-10-5-6-11(14)7-10/h1-4,10-11,14-15,17-18H,5-9H2. The molecule has 98 valence electrons. The van der Waals surface area contributed by atoms with Gasteiger partial charge in [0, 0.05) is 23.2 Å². The Hall–Kier alpha value is -0.570. The van der Waals surface area contributed by atoms with Crippen molar-refractivity contribution in [3.05, 3.63) is 34.9 Å². The molecule has 2 aliphatic carbocycles. The van der Waals surface area contributed by atoms with Crippen LogP contribution in [0, 0.1) is 11.8 Å². The molecule has 2 nitrogen and oxygen atoms in total. The molecule has 18 heavy (non-hydrogen) atoms. The quantitative estimate of drug-likeness (QED) is 0.877. The summed E-state index contributed by atoms with van der Waals surface area (Å²) in [4.78, 5) is 0. The summed E-state index contributed by atoms with van der Waals surface area (Å²) in [7, 11) is 0. The summed E-state index contributed by atoms with van der Waals surface area (Å²) in [5.74, 6) is 1.78. The molecule has 1 aromatic rings. The van der Waals surface area contributed by atoms with Crippen LogP contribution in [0.4, 0.5) is 0 Å². The Balaban J connectivity index is 1.56. The number of hydrogen-bond donors (Lipinski definition) is 2. The zero-order valence-corrected chi connectivity index (χ0v) is 11.2. The van der Waals surface area contributed by atoms with Crippen molar-refractivity contribution in [2.24, 2.45) is 11.8 Å². The number of fused-ring (bicyclic) bond motifs is 2. The maximum absolute atomic E-state index is 10.2. The van der Waals surface area contributed by atoms with Crippen molar-refractivity contribution in [2.45, 2.75) is 37.8 Å². The van der Waals surface area contributed by atoms with Gasteiger partial charge in [0.15, 0.2) is 0 Å². The molecule has 2 fully saturated rings. The Morgan fingerprint density at radius 2 is 2.11 bits per heavy atom. The van der Waals surface area contributed by atoms with E-state index in [1.807, 2.05) is 24.3 Å². The Labute approximate surface area is 113 Å². The van der Waals surface area contributed by atoms with Crippen LogP contribution in [-0.4, -0.2) is 17.7 Å². The fourth-order valence-electron chi connectivity index (χ4n) is 3.61. The molecule has 2 N–H and O–H groups in total. The van der Waals surface area contributed by atoms with Crippen LogP contribution >= 0.6 is 11.6 Å². The van der Waals surface area contributed by atoms with Gasteiger partial charge in [-0.05, 0) is 37.2 Å². The van der Waals surface area contributed by atoms with E-state index in [0.29, 0.717) is 17.6 Å². The maximum Gasteiger partial charge on any atom is 0.0928 e. The highest BCUT2D eigenvalue weighted by molar-refractivity contribution is 6.31. The summed E-state index contributed by atoms with van der Waals surface area (Å²) >= 11 is 6.09. The molecule has 4 atom stereocenters. The Bertz CT molecular complexity index is 423. The first-order valence-corrected chi connectivity index (χ1v) is 7.27. The van der Waals surface area contributed by atoms with E-state index in [0.717, 1.165) is 17.4 Å². The van der Waals surface area contributed by atoms with Crippen LogP contribution in [0.5, 0.6) is 0 Å². The molecule has 4 unspecified atom stereocenters. The van der Waals surface area contributed by atoms with Crippen LogP contribution in [-0.2, 0) is 0 Å². The number of halogens is 1. The van der Waals surface area contributed by atoms with Gasteiger partial charge in [0.2, 0.25) is 0 Å². The van der Waals surface area contributed by atoms with E-state index >= 15 is 0 Å². The second-order valence-electron chi connectivity index (χ2n) is 5.73. The number of nitrogens with one attached hydrogen (secondary N) is 1. The molecule has 3 heteroatoms. The SMILES string of the molecule is OC(CNC1CC2CCC1C2)c1ccccc1Cl. The predicted octanol–water partition coefficient (Wildman–Crippen LogP) is 3.15. The van der Waals surface area contributed by atoms with E-state index in [9.17, 15) is 5.11 Å². The first kappa shape index (κ1) is 12.5. The van der Waals surface area contributed by atoms with Gasteiger partial charge in [-0.3, -0.25) is 0 Å². The third-order valence-corrected chi connectivity index (χ3v) is 4.92. The molecule has 3 rings (SSSR count). The second-order valence-corrected chi connectivity index (χ2v) is 6.13. The van der Waals surface area contributed by atoms with Crippen LogP contribution < -0.4 is 5.32 Å². The van der Waals surface area contributed by atoms with Crippen LogP contribution in [0.3, 0.4) is 0 Å². The van der Waals surface area contributed by atoms with Crippen molar-refractivity contribution in [2.75, 3.05) is 6.54 Å². The Morgan fingerprint density at radius 1 is 1.28 bits per heavy atom. The fraction of sp³-hybridized carbons (Fsp3) is 0.600. The third-order valence-electron chi connectivity index (χ3n) is 4.58. The number of hydrogen-bond acceptors (Lipinski definition) is 2. The van der Waals surface area contributed by atoms with Gasteiger partial charge < -0.3 is 10.4 Å². The minimum Gasteiger partial charge on any atom is -0.387 e. The molecule has 2 saturated carbocycles. The van der Waals surface area contributed by atoms with Gasteiger partial charge in [0.05, 0.1) is 6.10 Å². The Morgan fingerprint density at radius 3 is 2.78 bits per heavy atom. The zero-order valence-electron chi connectivity index (χ0n) is 10.5. The summed E-state index contributed by atoms with van der Waals surface area (Å²) in [5.41, 5.74) is 0.829. The predicted molar refractivity (Wildman–Crippen MR) is 73.7 cm³/mol. The molecule has 0 amide bonds. The molecule has 0 aromatic heterocycles. The first-order valence-electron chi connectivity index (χ1n) is 6.90. The van der Waals surface area contributed by atoms with E-state index in [2.05, 4.69) is 5.32 Å². The number of benzene rings is 1. The largest absolute Gasteiger partial charge is 0.387 e. The monoisotopic (exact) mass is 265 g/mol. The van der Waals surface area contributed by atoms with Crippen molar-refractivity contribution in [3.8, 4) is 0 Å². The topological polar surface area (TPSA) is 32.3 Å². The van der Waals surface area contributed by atoms with Crippen molar-refractivity contribution < 1.29 is 5.11 Å². The van der Waals surface area contributed by atoms with Gasteiger partial charge in [-0.25, -0.2) is 0 Å². The molecule has 0 saturated heterocycles. The molecule has 0 radical (unpaired) electrons. The average molecular weight is 266 g/mol. The Kier molecular flexibility index (Phi) is 3.60. The van der Waals surface area contributed by atoms with E-state index in [-0.39, 0.29) is 0 Å². The van der Waals surface area contributed by atoms with Gasteiger partial charge in [0.25, 0.3) is 0 Å². The fourth-order valence-corrected chi connectivity index (χ4v) is 3.87. The first-order chi connectivity index (χ1) is 8.74. The molecule has 1 aromatic carbocycles. The third kappa shape index (κ3) is 2.42. The summed E-state index contributed by atoms with van der Waals surface area (Å²) in [5, 5.41) is 14.4. The van der Waals surface area contributed by atoms with E-state index in [1.54, 1.807) is 0 Å². The zero-order chi connectivity index (χ0) is 12.5. The smallest absolute Gasteiger partial charge is 0.0928 e. The van der Waals surface area contributed by atoms with Gasteiger partial charge in [-0.1, -0.05) is 36.2 Å². The van der Waals surface area contributed by atoms with Crippen molar-refractivity contribution in [3.63, 3.8) is 0 Å². The lowest BCUT2D eigenvalue weighted by Gasteiger charge is -2.24. The number of aliphatic hydroxyl groups excluding tert-OH is 1. The van der Waals surface area contributed by atoms with Crippen LogP contribution in [0.25, 0.3) is 0 Å². The van der Waals surface area contributed by atoms with Gasteiger partial charge in [-0.2, -0.15) is 0 Å². The molecular formula is C15H20ClNO. The van der Waals surface area contributed by atoms with E-state index in [1.165, 1.54) is 25.7 Å². The maximum atomic E-state index is 10.2. The summed E-state index contributed by atoms with van der Waals surface area (Å²) in [6.45, 7) is 0.609. The number of rotatable bonds is 4. The lowest BCUT2D eigenvalue weighted by atomic mass is 9.95. The normalized spacial score (nSPS) is 31.8.